The third kappa shape index (κ3) is 3.45. The fraction of sp³-hybridized carbons (Fsp3) is 0.786. The van der Waals surface area contributed by atoms with Crippen molar-refractivity contribution in [3.63, 3.8) is 0 Å². The van der Waals surface area contributed by atoms with E-state index in [4.69, 9.17) is 4.98 Å². The summed E-state index contributed by atoms with van der Waals surface area (Å²) < 4.78 is 0. The summed E-state index contributed by atoms with van der Waals surface area (Å²) in [5, 5.41) is 4.68. The Labute approximate surface area is 115 Å². The lowest BCUT2D eigenvalue weighted by Crippen LogP contribution is -2.17. The molecular weight excluding hydrogens is 242 g/mol. The van der Waals surface area contributed by atoms with Gasteiger partial charge >= 0.3 is 0 Å². The average molecular weight is 267 g/mol. The molecule has 2 heterocycles. The lowest BCUT2D eigenvalue weighted by Gasteiger charge is -2.12. The van der Waals surface area contributed by atoms with Gasteiger partial charge in [0.25, 0.3) is 0 Å². The van der Waals surface area contributed by atoms with Crippen LogP contribution in [0.1, 0.15) is 44.2 Å². The first-order chi connectivity index (χ1) is 8.70. The molecule has 1 aliphatic rings. The molecule has 1 aromatic heterocycles. The number of thiazole rings is 1. The van der Waals surface area contributed by atoms with E-state index in [0.29, 0.717) is 5.92 Å². The van der Waals surface area contributed by atoms with Crippen LogP contribution in [0.25, 0.3) is 0 Å². The van der Waals surface area contributed by atoms with Gasteiger partial charge in [0.05, 0.1) is 5.69 Å². The Morgan fingerprint density at radius 2 is 2.06 bits per heavy atom. The van der Waals surface area contributed by atoms with Crippen LogP contribution in [-0.2, 0) is 13.0 Å². The van der Waals surface area contributed by atoms with E-state index in [1.807, 2.05) is 11.3 Å². The van der Waals surface area contributed by atoms with Gasteiger partial charge in [-0.05, 0) is 31.7 Å². The van der Waals surface area contributed by atoms with Gasteiger partial charge in [-0.1, -0.05) is 20.8 Å². The molecule has 1 fully saturated rings. The maximum atomic E-state index is 4.89. The molecule has 1 aromatic rings. The molecule has 0 atom stereocenters. The Morgan fingerprint density at radius 3 is 2.67 bits per heavy atom. The Hall–Kier alpha value is -0.610. The number of hydrogen-bond acceptors (Lipinski definition) is 4. The van der Waals surface area contributed by atoms with Crippen LogP contribution in [0.3, 0.4) is 0 Å². The summed E-state index contributed by atoms with van der Waals surface area (Å²) >= 11 is 1.89. The van der Waals surface area contributed by atoms with Gasteiger partial charge in [-0.25, -0.2) is 4.98 Å². The van der Waals surface area contributed by atoms with Crippen LogP contribution in [0.5, 0.6) is 0 Å². The van der Waals surface area contributed by atoms with Crippen LogP contribution < -0.4 is 10.2 Å². The molecule has 0 spiro atoms. The van der Waals surface area contributed by atoms with Crippen molar-refractivity contribution in [1.82, 2.24) is 10.3 Å². The van der Waals surface area contributed by atoms with Crippen LogP contribution in [0.2, 0.25) is 0 Å². The molecule has 1 N–H and O–H groups in total. The van der Waals surface area contributed by atoms with Crippen LogP contribution in [-0.4, -0.2) is 24.6 Å². The van der Waals surface area contributed by atoms with Crippen molar-refractivity contribution in [2.24, 2.45) is 5.92 Å². The minimum atomic E-state index is 0.680. The van der Waals surface area contributed by atoms with Crippen LogP contribution >= 0.6 is 11.3 Å². The second kappa shape index (κ2) is 6.53. The summed E-state index contributed by atoms with van der Waals surface area (Å²) in [7, 11) is 0. The number of nitrogens with one attached hydrogen (secondary N) is 1. The molecule has 3 nitrogen and oxygen atoms in total. The molecule has 18 heavy (non-hydrogen) atoms. The quantitative estimate of drug-likeness (QED) is 0.858. The van der Waals surface area contributed by atoms with E-state index < -0.39 is 0 Å². The van der Waals surface area contributed by atoms with Crippen molar-refractivity contribution in [3.8, 4) is 0 Å². The van der Waals surface area contributed by atoms with Gasteiger partial charge in [0.2, 0.25) is 0 Å². The lowest BCUT2D eigenvalue weighted by atomic mass is 10.1. The fourth-order valence-electron chi connectivity index (χ4n) is 2.34. The topological polar surface area (TPSA) is 28.2 Å². The number of anilines is 1. The summed E-state index contributed by atoms with van der Waals surface area (Å²) in [6.07, 6.45) is 3.74. The molecule has 0 aromatic carbocycles. The summed E-state index contributed by atoms with van der Waals surface area (Å²) in [5.41, 5.74) is 1.32. The monoisotopic (exact) mass is 267 g/mol. The molecule has 102 valence electrons. The summed E-state index contributed by atoms with van der Waals surface area (Å²) in [6, 6.07) is 0. The SMILES string of the molecule is CCNCc1sc(N2CCCC2)nc1CC(C)C. The zero-order valence-corrected chi connectivity index (χ0v) is 12.6. The normalized spacial score (nSPS) is 15.9. The van der Waals surface area contributed by atoms with Gasteiger partial charge in [-0.15, -0.1) is 11.3 Å². The van der Waals surface area contributed by atoms with Gasteiger partial charge in [0.15, 0.2) is 5.13 Å². The smallest absolute Gasteiger partial charge is 0.185 e. The zero-order valence-electron chi connectivity index (χ0n) is 11.8. The Bertz CT molecular complexity index is 367. The standard InChI is InChI=1S/C14H25N3S/c1-4-15-10-13-12(9-11(2)3)16-14(18-13)17-7-5-6-8-17/h11,15H,4-10H2,1-3H3. The molecule has 0 unspecified atom stereocenters. The largest absolute Gasteiger partial charge is 0.348 e. The molecule has 0 radical (unpaired) electrons. The van der Waals surface area contributed by atoms with Gasteiger partial charge in [0.1, 0.15) is 0 Å². The number of rotatable bonds is 6. The highest BCUT2D eigenvalue weighted by Gasteiger charge is 2.19. The predicted octanol–water partition coefficient (Wildman–Crippen LogP) is 3.05. The van der Waals surface area contributed by atoms with E-state index in [-0.39, 0.29) is 0 Å². The molecule has 0 bridgehead atoms. The molecule has 2 rings (SSSR count). The predicted molar refractivity (Wildman–Crippen MR) is 79.5 cm³/mol. The van der Waals surface area contributed by atoms with E-state index in [1.54, 1.807) is 0 Å². The minimum absolute atomic E-state index is 0.680. The first-order valence-electron chi connectivity index (χ1n) is 7.15. The second-order valence-corrected chi connectivity index (χ2v) is 6.50. The highest BCUT2D eigenvalue weighted by atomic mass is 32.1. The Morgan fingerprint density at radius 1 is 1.33 bits per heavy atom. The van der Waals surface area contributed by atoms with Crippen molar-refractivity contribution in [1.29, 1.82) is 0 Å². The zero-order chi connectivity index (χ0) is 13.0. The van der Waals surface area contributed by atoms with E-state index in [0.717, 1.165) is 19.5 Å². The first-order valence-corrected chi connectivity index (χ1v) is 7.96. The highest BCUT2D eigenvalue weighted by molar-refractivity contribution is 7.15. The lowest BCUT2D eigenvalue weighted by molar-refractivity contribution is 0.627. The third-order valence-corrected chi connectivity index (χ3v) is 4.44. The Balaban J connectivity index is 2.13. The van der Waals surface area contributed by atoms with Crippen LogP contribution in [0, 0.1) is 5.92 Å². The van der Waals surface area contributed by atoms with Gasteiger partial charge in [-0.2, -0.15) is 0 Å². The summed E-state index contributed by atoms with van der Waals surface area (Å²) in [5.74, 6) is 0.680. The summed E-state index contributed by atoms with van der Waals surface area (Å²) in [4.78, 5) is 8.78. The maximum absolute atomic E-state index is 4.89. The van der Waals surface area contributed by atoms with E-state index in [1.165, 1.54) is 41.6 Å². The minimum Gasteiger partial charge on any atom is -0.348 e. The maximum Gasteiger partial charge on any atom is 0.185 e. The fourth-order valence-corrected chi connectivity index (χ4v) is 3.45. The summed E-state index contributed by atoms with van der Waals surface area (Å²) in [6.45, 7) is 11.1. The molecule has 0 saturated carbocycles. The van der Waals surface area contributed by atoms with E-state index in [9.17, 15) is 0 Å². The number of aromatic nitrogens is 1. The van der Waals surface area contributed by atoms with Crippen LogP contribution in [0.4, 0.5) is 5.13 Å². The van der Waals surface area contributed by atoms with Crippen molar-refractivity contribution in [2.45, 2.75) is 46.6 Å². The van der Waals surface area contributed by atoms with Gasteiger partial charge in [-0.3, -0.25) is 0 Å². The molecule has 0 amide bonds. The molecular formula is C14H25N3S. The Kier molecular flexibility index (Phi) is 5.01. The number of nitrogens with zero attached hydrogens (tertiary/aromatic N) is 2. The van der Waals surface area contributed by atoms with Crippen molar-refractivity contribution >= 4 is 16.5 Å². The molecule has 4 heteroatoms. The van der Waals surface area contributed by atoms with Crippen molar-refractivity contribution in [2.75, 3.05) is 24.5 Å². The second-order valence-electron chi connectivity index (χ2n) is 5.44. The third-order valence-electron chi connectivity index (χ3n) is 3.28. The van der Waals surface area contributed by atoms with E-state index in [2.05, 4.69) is 31.0 Å². The highest BCUT2D eigenvalue weighted by Crippen LogP contribution is 2.30. The molecule has 0 aliphatic carbocycles. The first kappa shape index (κ1) is 13.8. The molecule has 1 aliphatic heterocycles. The number of hydrogen-bond donors (Lipinski definition) is 1. The van der Waals surface area contributed by atoms with Gasteiger partial charge in [0, 0.05) is 24.5 Å². The van der Waals surface area contributed by atoms with Crippen LogP contribution in [0.15, 0.2) is 0 Å². The van der Waals surface area contributed by atoms with Gasteiger partial charge < -0.3 is 10.2 Å². The molecule has 1 saturated heterocycles. The van der Waals surface area contributed by atoms with E-state index >= 15 is 0 Å². The van der Waals surface area contributed by atoms with Crippen molar-refractivity contribution < 1.29 is 0 Å². The average Bonchev–Trinajstić information content (AvgIpc) is 2.94. The van der Waals surface area contributed by atoms with Crippen molar-refractivity contribution in [3.05, 3.63) is 10.6 Å².